The maximum absolute atomic E-state index is 13.1. The van der Waals surface area contributed by atoms with Crippen LogP contribution in [0.3, 0.4) is 0 Å². The smallest absolute Gasteiger partial charge is 0.174 e. The molecule has 1 N–H and O–H groups in total. The van der Waals surface area contributed by atoms with Gasteiger partial charge in [-0.1, -0.05) is 12.1 Å². The summed E-state index contributed by atoms with van der Waals surface area (Å²) in [7, 11) is 0. The number of rotatable bonds is 7. The summed E-state index contributed by atoms with van der Waals surface area (Å²) in [6.45, 7) is 4.00. The van der Waals surface area contributed by atoms with Crippen molar-refractivity contribution in [3.63, 3.8) is 0 Å². The molecule has 0 aliphatic heterocycles. The zero-order chi connectivity index (χ0) is 14.4. The molecule has 0 unspecified atom stereocenters. The molecule has 0 bridgehead atoms. The molecular formula is C14H16BrFN2O2. The van der Waals surface area contributed by atoms with Gasteiger partial charge in [-0.25, -0.2) is 4.39 Å². The summed E-state index contributed by atoms with van der Waals surface area (Å²) < 4.78 is 24.1. The highest BCUT2D eigenvalue weighted by atomic mass is 79.9. The Kier molecular flexibility index (Phi) is 5.55. The van der Waals surface area contributed by atoms with E-state index < -0.39 is 0 Å². The van der Waals surface area contributed by atoms with Crippen LogP contribution in [0.1, 0.15) is 24.8 Å². The molecule has 0 radical (unpaired) electrons. The van der Waals surface area contributed by atoms with Crippen LogP contribution in [0.15, 0.2) is 33.3 Å². The topological polar surface area (TPSA) is 47.3 Å². The van der Waals surface area contributed by atoms with Crippen molar-refractivity contribution in [2.24, 2.45) is 0 Å². The van der Waals surface area contributed by atoms with E-state index in [0.29, 0.717) is 22.5 Å². The van der Waals surface area contributed by atoms with Crippen molar-refractivity contribution in [1.82, 2.24) is 10.5 Å². The van der Waals surface area contributed by atoms with E-state index >= 15 is 0 Å². The summed E-state index contributed by atoms with van der Waals surface area (Å²) in [5, 5.41) is 7.19. The SMILES string of the molecule is CCCNCc1cc(COc2ccc(F)c(Br)c2)on1. The van der Waals surface area contributed by atoms with Crippen LogP contribution in [-0.4, -0.2) is 11.7 Å². The van der Waals surface area contributed by atoms with Crippen molar-refractivity contribution in [1.29, 1.82) is 0 Å². The highest BCUT2D eigenvalue weighted by Crippen LogP contribution is 2.22. The average Bonchev–Trinajstić information content (AvgIpc) is 2.88. The van der Waals surface area contributed by atoms with Gasteiger partial charge in [-0.2, -0.15) is 0 Å². The second-order valence-corrected chi connectivity index (χ2v) is 5.18. The number of nitrogens with zero attached hydrogens (tertiary/aromatic N) is 1. The van der Waals surface area contributed by atoms with Gasteiger partial charge in [0.2, 0.25) is 0 Å². The number of benzene rings is 1. The molecule has 1 aromatic carbocycles. The van der Waals surface area contributed by atoms with E-state index in [1.807, 2.05) is 6.07 Å². The molecule has 108 valence electrons. The fraction of sp³-hybridized carbons (Fsp3) is 0.357. The Morgan fingerprint density at radius 3 is 3.00 bits per heavy atom. The molecule has 1 heterocycles. The van der Waals surface area contributed by atoms with Crippen LogP contribution in [0.4, 0.5) is 4.39 Å². The van der Waals surface area contributed by atoms with Crippen LogP contribution in [0.5, 0.6) is 5.75 Å². The Hall–Kier alpha value is -1.40. The van der Waals surface area contributed by atoms with Crippen molar-refractivity contribution in [2.75, 3.05) is 6.54 Å². The summed E-state index contributed by atoms with van der Waals surface area (Å²) in [4.78, 5) is 0. The highest BCUT2D eigenvalue weighted by molar-refractivity contribution is 9.10. The molecule has 0 aliphatic carbocycles. The van der Waals surface area contributed by atoms with E-state index in [9.17, 15) is 4.39 Å². The minimum absolute atomic E-state index is 0.263. The van der Waals surface area contributed by atoms with Gasteiger partial charge in [-0.05, 0) is 47.1 Å². The highest BCUT2D eigenvalue weighted by Gasteiger charge is 2.06. The molecule has 0 spiro atoms. The van der Waals surface area contributed by atoms with Gasteiger partial charge in [0.25, 0.3) is 0 Å². The lowest BCUT2D eigenvalue weighted by Crippen LogP contribution is -2.13. The van der Waals surface area contributed by atoms with Gasteiger partial charge < -0.3 is 14.6 Å². The molecule has 0 saturated carbocycles. The van der Waals surface area contributed by atoms with Crippen LogP contribution in [-0.2, 0) is 13.2 Å². The minimum atomic E-state index is -0.318. The van der Waals surface area contributed by atoms with Gasteiger partial charge in [-0.15, -0.1) is 0 Å². The molecule has 6 heteroatoms. The lowest BCUT2D eigenvalue weighted by Gasteiger charge is -2.04. The van der Waals surface area contributed by atoms with E-state index in [1.54, 1.807) is 12.1 Å². The molecule has 0 aliphatic rings. The third kappa shape index (κ3) is 4.31. The van der Waals surface area contributed by atoms with Crippen molar-refractivity contribution < 1.29 is 13.7 Å². The molecule has 4 nitrogen and oxygen atoms in total. The van der Waals surface area contributed by atoms with Crippen molar-refractivity contribution in [3.05, 3.63) is 46.0 Å². The molecule has 0 atom stereocenters. The molecule has 0 fully saturated rings. The van der Waals surface area contributed by atoms with Gasteiger partial charge in [-0.3, -0.25) is 0 Å². The molecule has 0 saturated heterocycles. The Morgan fingerprint density at radius 1 is 1.40 bits per heavy atom. The van der Waals surface area contributed by atoms with Gasteiger partial charge in [0, 0.05) is 12.6 Å². The lowest BCUT2D eigenvalue weighted by molar-refractivity contribution is 0.248. The molecule has 2 rings (SSSR count). The van der Waals surface area contributed by atoms with Crippen LogP contribution in [0.2, 0.25) is 0 Å². The summed E-state index contributed by atoms with van der Waals surface area (Å²) >= 11 is 3.11. The second-order valence-electron chi connectivity index (χ2n) is 4.33. The van der Waals surface area contributed by atoms with E-state index in [2.05, 4.69) is 33.3 Å². The first-order valence-corrected chi connectivity index (χ1v) is 7.21. The predicted molar refractivity (Wildman–Crippen MR) is 76.9 cm³/mol. The zero-order valence-corrected chi connectivity index (χ0v) is 12.7. The summed E-state index contributed by atoms with van der Waals surface area (Å²) in [6.07, 6.45) is 1.08. The van der Waals surface area contributed by atoms with Crippen LogP contribution in [0.25, 0.3) is 0 Å². The lowest BCUT2D eigenvalue weighted by atomic mass is 10.3. The third-order valence-electron chi connectivity index (χ3n) is 2.61. The fourth-order valence-electron chi connectivity index (χ4n) is 1.62. The van der Waals surface area contributed by atoms with Gasteiger partial charge in [0.15, 0.2) is 5.76 Å². The van der Waals surface area contributed by atoms with Crippen LogP contribution < -0.4 is 10.1 Å². The van der Waals surface area contributed by atoms with Gasteiger partial charge >= 0.3 is 0 Å². The van der Waals surface area contributed by atoms with Gasteiger partial charge in [0.05, 0.1) is 10.2 Å². The van der Waals surface area contributed by atoms with Gasteiger partial charge in [0.1, 0.15) is 18.2 Å². The maximum Gasteiger partial charge on any atom is 0.174 e. The van der Waals surface area contributed by atoms with Crippen molar-refractivity contribution in [3.8, 4) is 5.75 Å². The maximum atomic E-state index is 13.1. The number of ether oxygens (including phenoxy) is 1. The largest absolute Gasteiger partial charge is 0.486 e. The number of aromatic nitrogens is 1. The molecule has 0 amide bonds. The Bertz CT molecular complexity index is 560. The minimum Gasteiger partial charge on any atom is -0.486 e. The van der Waals surface area contributed by atoms with Crippen molar-refractivity contribution in [2.45, 2.75) is 26.5 Å². The van der Waals surface area contributed by atoms with Crippen molar-refractivity contribution >= 4 is 15.9 Å². The van der Waals surface area contributed by atoms with E-state index in [1.165, 1.54) is 6.07 Å². The van der Waals surface area contributed by atoms with E-state index in [0.717, 1.165) is 18.7 Å². The van der Waals surface area contributed by atoms with Crippen LogP contribution in [0, 0.1) is 5.82 Å². The predicted octanol–water partition coefficient (Wildman–Crippen LogP) is 3.65. The third-order valence-corrected chi connectivity index (χ3v) is 3.22. The average molecular weight is 343 g/mol. The van der Waals surface area contributed by atoms with Crippen LogP contribution >= 0.6 is 15.9 Å². The first-order chi connectivity index (χ1) is 9.69. The van der Waals surface area contributed by atoms with E-state index in [4.69, 9.17) is 9.26 Å². The Balaban J connectivity index is 1.85. The summed E-state index contributed by atoms with van der Waals surface area (Å²) in [5.74, 6) is 0.889. The number of halogens is 2. The van der Waals surface area contributed by atoms with E-state index in [-0.39, 0.29) is 12.4 Å². The summed E-state index contributed by atoms with van der Waals surface area (Å²) in [5.41, 5.74) is 0.845. The molecule has 20 heavy (non-hydrogen) atoms. The fourth-order valence-corrected chi connectivity index (χ4v) is 1.98. The normalized spacial score (nSPS) is 10.8. The molecule has 2 aromatic rings. The number of hydrogen-bond acceptors (Lipinski definition) is 4. The number of nitrogens with one attached hydrogen (secondary N) is 1. The molecular weight excluding hydrogens is 327 g/mol. The standard InChI is InChI=1S/C14H16BrFN2O2/c1-2-5-17-8-10-6-12(20-18-10)9-19-11-3-4-14(16)13(15)7-11/h3-4,6-7,17H,2,5,8-9H2,1H3. The quantitative estimate of drug-likeness (QED) is 0.780. The number of hydrogen-bond donors (Lipinski definition) is 1. The molecule has 1 aromatic heterocycles. The second kappa shape index (κ2) is 7.40. The Labute approximate surface area is 125 Å². The Morgan fingerprint density at radius 2 is 2.25 bits per heavy atom. The zero-order valence-electron chi connectivity index (χ0n) is 11.2. The monoisotopic (exact) mass is 342 g/mol. The first kappa shape index (κ1) is 15.0. The first-order valence-electron chi connectivity index (χ1n) is 6.42. The summed E-state index contributed by atoms with van der Waals surface area (Å²) in [6, 6.07) is 6.34.